The first-order chi connectivity index (χ1) is 9.29. The van der Waals surface area contributed by atoms with E-state index in [-0.39, 0.29) is 5.91 Å². The number of thiophene rings is 1. The average molecular weight is 275 g/mol. The summed E-state index contributed by atoms with van der Waals surface area (Å²) >= 11 is 1.62. The molecule has 2 aromatic rings. The Morgan fingerprint density at radius 3 is 2.89 bits per heavy atom. The first-order valence-electron chi connectivity index (χ1n) is 6.29. The van der Waals surface area contributed by atoms with Crippen LogP contribution >= 0.6 is 11.3 Å². The fraction of sp³-hybridized carbons (Fsp3) is 0.286. The maximum absolute atomic E-state index is 11.9. The molecule has 0 unspecified atom stereocenters. The molecule has 100 valence electrons. The van der Waals surface area contributed by atoms with Gasteiger partial charge in [0.05, 0.1) is 5.56 Å². The Morgan fingerprint density at radius 2 is 2.26 bits per heavy atom. The number of pyridine rings is 1. The van der Waals surface area contributed by atoms with Crippen molar-refractivity contribution in [2.75, 3.05) is 11.9 Å². The van der Waals surface area contributed by atoms with E-state index in [1.54, 1.807) is 23.6 Å². The van der Waals surface area contributed by atoms with Gasteiger partial charge in [-0.15, -0.1) is 0 Å². The summed E-state index contributed by atoms with van der Waals surface area (Å²) in [5.74, 6) is 0.706. The van der Waals surface area contributed by atoms with Gasteiger partial charge in [-0.2, -0.15) is 11.3 Å². The Balaban J connectivity index is 1.88. The second kappa shape index (κ2) is 6.89. The number of nitrogens with one attached hydrogen (secondary N) is 2. The summed E-state index contributed by atoms with van der Waals surface area (Å²) in [7, 11) is 0. The van der Waals surface area contributed by atoms with E-state index in [9.17, 15) is 4.79 Å². The standard InChI is InChI=1S/C14H17N3OS/c1-2-6-15-13-4-3-12(9-16-13)14(18)17-8-11-5-7-19-10-11/h3-5,7,9-10H,2,6,8H2,1H3,(H,15,16)(H,17,18). The summed E-state index contributed by atoms with van der Waals surface area (Å²) in [6.07, 6.45) is 2.64. The van der Waals surface area contributed by atoms with Crippen LogP contribution in [-0.4, -0.2) is 17.4 Å². The molecule has 0 bridgehead atoms. The normalized spacial score (nSPS) is 10.2. The van der Waals surface area contributed by atoms with Gasteiger partial charge < -0.3 is 10.6 Å². The Hall–Kier alpha value is -1.88. The first-order valence-corrected chi connectivity index (χ1v) is 7.23. The maximum atomic E-state index is 11.9. The largest absolute Gasteiger partial charge is 0.370 e. The van der Waals surface area contributed by atoms with Crippen molar-refractivity contribution in [2.24, 2.45) is 0 Å². The molecule has 0 aromatic carbocycles. The Bertz CT molecular complexity index is 508. The van der Waals surface area contributed by atoms with Crippen molar-refractivity contribution in [3.8, 4) is 0 Å². The molecule has 2 rings (SSSR count). The highest BCUT2D eigenvalue weighted by molar-refractivity contribution is 7.07. The monoisotopic (exact) mass is 275 g/mol. The molecule has 0 aliphatic heterocycles. The van der Waals surface area contributed by atoms with Crippen LogP contribution in [0.3, 0.4) is 0 Å². The van der Waals surface area contributed by atoms with Gasteiger partial charge in [0.25, 0.3) is 5.91 Å². The van der Waals surface area contributed by atoms with Crippen LogP contribution in [-0.2, 0) is 6.54 Å². The molecule has 0 fully saturated rings. The Kier molecular flexibility index (Phi) is 4.92. The van der Waals surface area contributed by atoms with E-state index < -0.39 is 0 Å². The summed E-state index contributed by atoms with van der Waals surface area (Å²) in [4.78, 5) is 16.1. The van der Waals surface area contributed by atoms with Gasteiger partial charge in [-0.25, -0.2) is 4.98 Å². The van der Waals surface area contributed by atoms with Crippen molar-refractivity contribution in [1.82, 2.24) is 10.3 Å². The fourth-order valence-corrected chi connectivity index (χ4v) is 2.23. The molecule has 5 heteroatoms. The summed E-state index contributed by atoms with van der Waals surface area (Å²) in [6.45, 7) is 3.54. The zero-order valence-corrected chi connectivity index (χ0v) is 11.7. The van der Waals surface area contributed by atoms with Crippen LogP contribution in [0.5, 0.6) is 0 Å². The lowest BCUT2D eigenvalue weighted by atomic mass is 10.2. The van der Waals surface area contributed by atoms with Crippen LogP contribution in [0.1, 0.15) is 29.3 Å². The van der Waals surface area contributed by atoms with Gasteiger partial charge in [0.1, 0.15) is 5.82 Å². The van der Waals surface area contributed by atoms with Crippen molar-refractivity contribution in [1.29, 1.82) is 0 Å². The number of aromatic nitrogens is 1. The van der Waals surface area contributed by atoms with Gasteiger partial charge in [-0.1, -0.05) is 6.92 Å². The summed E-state index contributed by atoms with van der Waals surface area (Å²) < 4.78 is 0. The number of hydrogen-bond donors (Lipinski definition) is 2. The van der Waals surface area contributed by atoms with Gasteiger partial charge in [-0.05, 0) is 40.9 Å². The molecule has 0 saturated heterocycles. The number of carbonyl (C=O) groups is 1. The number of amides is 1. The minimum Gasteiger partial charge on any atom is -0.370 e. The minimum atomic E-state index is -0.0965. The smallest absolute Gasteiger partial charge is 0.253 e. The molecular weight excluding hydrogens is 258 g/mol. The number of hydrogen-bond acceptors (Lipinski definition) is 4. The van der Waals surface area contributed by atoms with Crippen LogP contribution < -0.4 is 10.6 Å². The number of rotatable bonds is 6. The highest BCUT2D eigenvalue weighted by Crippen LogP contribution is 2.07. The number of anilines is 1. The molecule has 0 radical (unpaired) electrons. The van der Waals surface area contributed by atoms with Crippen LogP contribution in [0.25, 0.3) is 0 Å². The lowest BCUT2D eigenvalue weighted by molar-refractivity contribution is 0.0950. The van der Waals surface area contributed by atoms with Gasteiger partial charge in [0.15, 0.2) is 0 Å². The lowest BCUT2D eigenvalue weighted by Crippen LogP contribution is -2.22. The van der Waals surface area contributed by atoms with Crippen molar-refractivity contribution in [3.63, 3.8) is 0 Å². The molecule has 1 amide bonds. The molecule has 2 N–H and O–H groups in total. The molecule has 0 aliphatic carbocycles. The van der Waals surface area contributed by atoms with Crippen LogP contribution in [0.15, 0.2) is 35.2 Å². The number of nitrogens with zero attached hydrogens (tertiary/aromatic N) is 1. The van der Waals surface area contributed by atoms with Crippen molar-refractivity contribution in [2.45, 2.75) is 19.9 Å². The quantitative estimate of drug-likeness (QED) is 0.852. The Labute approximate surface area is 116 Å². The third-order valence-electron chi connectivity index (χ3n) is 2.61. The van der Waals surface area contributed by atoms with Gasteiger partial charge >= 0.3 is 0 Å². The predicted octanol–water partition coefficient (Wildman–Crippen LogP) is 2.90. The maximum Gasteiger partial charge on any atom is 0.253 e. The average Bonchev–Trinajstić information content (AvgIpc) is 2.96. The van der Waals surface area contributed by atoms with Crippen LogP contribution in [0.2, 0.25) is 0 Å². The highest BCUT2D eigenvalue weighted by Gasteiger charge is 2.05. The summed E-state index contributed by atoms with van der Waals surface area (Å²) in [6, 6.07) is 5.62. The molecule has 19 heavy (non-hydrogen) atoms. The zero-order valence-electron chi connectivity index (χ0n) is 10.8. The van der Waals surface area contributed by atoms with Crippen molar-refractivity contribution in [3.05, 3.63) is 46.3 Å². The zero-order chi connectivity index (χ0) is 13.5. The highest BCUT2D eigenvalue weighted by atomic mass is 32.1. The topological polar surface area (TPSA) is 54.0 Å². The van der Waals surface area contributed by atoms with E-state index in [0.717, 1.165) is 24.3 Å². The summed E-state index contributed by atoms with van der Waals surface area (Å²) in [5.41, 5.74) is 1.70. The van der Waals surface area contributed by atoms with Gasteiger partial charge in [0, 0.05) is 19.3 Å². The molecule has 0 atom stereocenters. The molecular formula is C14H17N3OS. The molecule has 0 aliphatic rings. The first kappa shape index (κ1) is 13.5. The SMILES string of the molecule is CCCNc1ccc(C(=O)NCc2ccsc2)cn1. The third-order valence-corrected chi connectivity index (χ3v) is 3.35. The van der Waals surface area contributed by atoms with E-state index in [2.05, 4.69) is 22.5 Å². The van der Waals surface area contributed by atoms with E-state index in [1.807, 2.05) is 22.9 Å². The summed E-state index contributed by atoms with van der Waals surface area (Å²) in [5, 5.41) is 10.1. The second-order valence-electron chi connectivity index (χ2n) is 4.17. The fourth-order valence-electron chi connectivity index (χ4n) is 1.56. The third kappa shape index (κ3) is 4.06. The second-order valence-corrected chi connectivity index (χ2v) is 4.95. The van der Waals surface area contributed by atoms with E-state index in [0.29, 0.717) is 12.1 Å². The van der Waals surface area contributed by atoms with Crippen molar-refractivity contribution >= 4 is 23.1 Å². The lowest BCUT2D eigenvalue weighted by Gasteiger charge is -2.06. The molecule has 2 heterocycles. The van der Waals surface area contributed by atoms with E-state index >= 15 is 0 Å². The molecule has 4 nitrogen and oxygen atoms in total. The predicted molar refractivity (Wildman–Crippen MR) is 78.5 cm³/mol. The Morgan fingerprint density at radius 1 is 1.37 bits per heavy atom. The van der Waals surface area contributed by atoms with Crippen molar-refractivity contribution < 1.29 is 4.79 Å². The van der Waals surface area contributed by atoms with Crippen LogP contribution in [0.4, 0.5) is 5.82 Å². The minimum absolute atomic E-state index is 0.0965. The van der Waals surface area contributed by atoms with Gasteiger partial charge in [-0.3, -0.25) is 4.79 Å². The van der Waals surface area contributed by atoms with E-state index in [4.69, 9.17) is 0 Å². The van der Waals surface area contributed by atoms with Crippen LogP contribution in [0, 0.1) is 0 Å². The molecule has 2 aromatic heterocycles. The number of carbonyl (C=O) groups excluding carboxylic acids is 1. The van der Waals surface area contributed by atoms with Gasteiger partial charge in [0.2, 0.25) is 0 Å². The van der Waals surface area contributed by atoms with E-state index in [1.165, 1.54) is 0 Å². The molecule has 0 spiro atoms. The molecule has 0 saturated carbocycles.